The standard InChI is InChI=1S/C12H14N2/c1-2-5-10-6-3-4-7-11(10)12-8-13-9-14-12/h3-4,6-9H,2,5H2,1H3,(H,13,14). The molecule has 2 heteroatoms. The molecule has 0 amide bonds. The highest BCUT2D eigenvalue weighted by Crippen LogP contribution is 2.21. The summed E-state index contributed by atoms with van der Waals surface area (Å²) in [6.45, 7) is 2.20. The van der Waals surface area contributed by atoms with Crippen LogP contribution in [0.3, 0.4) is 0 Å². The molecule has 1 heterocycles. The molecule has 0 saturated carbocycles. The number of hydrogen-bond acceptors (Lipinski definition) is 1. The number of nitrogens with one attached hydrogen (secondary N) is 1. The molecule has 2 aromatic rings. The third kappa shape index (κ3) is 1.69. The lowest BCUT2D eigenvalue weighted by Crippen LogP contribution is -1.88. The molecule has 0 aliphatic heterocycles. The minimum Gasteiger partial charge on any atom is -0.345 e. The maximum absolute atomic E-state index is 4.04. The molecule has 14 heavy (non-hydrogen) atoms. The van der Waals surface area contributed by atoms with Crippen LogP contribution in [0.2, 0.25) is 0 Å². The van der Waals surface area contributed by atoms with Crippen LogP contribution in [0.4, 0.5) is 0 Å². The molecular formula is C12H14N2. The van der Waals surface area contributed by atoms with E-state index in [-0.39, 0.29) is 0 Å². The number of rotatable bonds is 3. The zero-order valence-electron chi connectivity index (χ0n) is 8.33. The molecule has 0 bridgehead atoms. The average Bonchev–Trinajstić information content (AvgIpc) is 2.72. The molecule has 0 unspecified atom stereocenters. The van der Waals surface area contributed by atoms with Crippen molar-refractivity contribution in [3.63, 3.8) is 0 Å². The van der Waals surface area contributed by atoms with Gasteiger partial charge in [-0.25, -0.2) is 4.98 Å². The van der Waals surface area contributed by atoms with E-state index in [0.717, 1.165) is 12.1 Å². The number of aromatic nitrogens is 2. The molecule has 0 aliphatic rings. The number of benzene rings is 1. The van der Waals surface area contributed by atoms with Crippen LogP contribution in [0.25, 0.3) is 11.3 Å². The highest BCUT2D eigenvalue weighted by Gasteiger charge is 2.03. The predicted octanol–water partition coefficient (Wildman–Crippen LogP) is 3.03. The van der Waals surface area contributed by atoms with Crippen molar-refractivity contribution < 1.29 is 0 Å². The van der Waals surface area contributed by atoms with E-state index in [1.807, 2.05) is 6.20 Å². The molecule has 0 fully saturated rings. The first-order chi connectivity index (χ1) is 6.92. The summed E-state index contributed by atoms with van der Waals surface area (Å²) in [7, 11) is 0. The van der Waals surface area contributed by atoms with Gasteiger partial charge in [-0.15, -0.1) is 0 Å². The second-order valence-electron chi connectivity index (χ2n) is 3.37. The van der Waals surface area contributed by atoms with Crippen LogP contribution in [-0.2, 0) is 6.42 Å². The summed E-state index contributed by atoms with van der Waals surface area (Å²) >= 11 is 0. The summed E-state index contributed by atoms with van der Waals surface area (Å²) in [4.78, 5) is 7.19. The van der Waals surface area contributed by atoms with Crippen molar-refractivity contribution in [1.82, 2.24) is 9.97 Å². The first kappa shape index (κ1) is 9.00. The van der Waals surface area contributed by atoms with Crippen LogP contribution in [-0.4, -0.2) is 9.97 Å². The van der Waals surface area contributed by atoms with Crippen LogP contribution in [0.5, 0.6) is 0 Å². The second kappa shape index (κ2) is 4.09. The Kier molecular flexibility index (Phi) is 2.63. The number of aryl methyl sites for hydroxylation is 1. The molecule has 1 aromatic carbocycles. The largest absolute Gasteiger partial charge is 0.345 e. The molecule has 0 spiro atoms. The van der Waals surface area contributed by atoms with Crippen LogP contribution in [0.1, 0.15) is 18.9 Å². The zero-order chi connectivity index (χ0) is 9.80. The van der Waals surface area contributed by atoms with E-state index in [1.165, 1.54) is 17.5 Å². The zero-order valence-corrected chi connectivity index (χ0v) is 8.33. The lowest BCUT2D eigenvalue weighted by molar-refractivity contribution is 0.923. The topological polar surface area (TPSA) is 28.7 Å². The molecule has 2 nitrogen and oxygen atoms in total. The third-order valence-electron chi connectivity index (χ3n) is 2.33. The minimum absolute atomic E-state index is 1.11. The molecule has 0 saturated heterocycles. The van der Waals surface area contributed by atoms with Crippen molar-refractivity contribution in [2.45, 2.75) is 19.8 Å². The Hall–Kier alpha value is -1.57. The Bertz CT molecular complexity index is 390. The summed E-state index contributed by atoms with van der Waals surface area (Å²) in [5, 5.41) is 0. The van der Waals surface area contributed by atoms with Gasteiger partial charge < -0.3 is 4.98 Å². The van der Waals surface area contributed by atoms with Gasteiger partial charge in [0.25, 0.3) is 0 Å². The fraction of sp³-hybridized carbons (Fsp3) is 0.250. The van der Waals surface area contributed by atoms with Gasteiger partial charge in [0.05, 0.1) is 18.2 Å². The quantitative estimate of drug-likeness (QED) is 0.784. The van der Waals surface area contributed by atoms with Gasteiger partial charge >= 0.3 is 0 Å². The van der Waals surface area contributed by atoms with Gasteiger partial charge in [-0.1, -0.05) is 37.6 Å². The van der Waals surface area contributed by atoms with E-state index in [0.29, 0.717) is 0 Å². The van der Waals surface area contributed by atoms with Crippen molar-refractivity contribution in [2.75, 3.05) is 0 Å². The summed E-state index contributed by atoms with van der Waals surface area (Å²) in [6.07, 6.45) is 5.88. The maximum atomic E-state index is 4.04. The SMILES string of the molecule is CCCc1ccccc1-c1cnc[nH]1. The van der Waals surface area contributed by atoms with Gasteiger partial charge in [0.1, 0.15) is 0 Å². The van der Waals surface area contributed by atoms with E-state index in [2.05, 4.69) is 41.2 Å². The summed E-state index contributed by atoms with van der Waals surface area (Å²) in [6, 6.07) is 8.47. The van der Waals surface area contributed by atoms with Crippen LogP contribution >= 0.6 is 0 Å². The Balaban J connectivity index is 2.42. The van der Waals surface area contributed by atoms with Gasteiger partial charge in [-0.3, -0.25) is 0 Å². The number of hydrogen-bond donors (Lipinski definition) is 1. The molecule has 72 valence electrons. The van der Waals surface area contributed by atoms with E-state index < -0.39 is 0 Å². The summed E-state index contributed by atoms with van der Waals surface area (Å²) in [5.41, 5.74) is 3.76. The maximum Gasteiger partial charge on any atom is 0.0924 e. The van der Waals surface area contributed by atoms with E-state index >= 15 is 0 Å². The van der Waals surface area contributed by atoms with Gasteiger partial charge in [0, 0.05) is 5.56 Å². The fourth-order valence-corrected chi connectivity index (χ4v) is 1.67. The van der Waals surface area contributed by atoms with E-state index in [4.69, 9.17) is 0 Å². The first-order valence-electron chi connectivity index (χ1n) is 4.98. The number of H-pyrrole nitrogens is 1. The summed E-state index contributed by atoms with van der Waals surface area (Å²) < 4.78 is 0. The molecule has 0 radical (unpaired) electrons. The molecule has 2 rings (SSSR count). The van der Waals surface area contributed by atoms with Crippen LogP contribution in [0, 0.1) is 0 Å². The van der Waals surface area contributed by atoms with Gasteiger partial charge in [-0.05, 0) is 12.0 Å². The Morgan fingerprint density at radius 2 is 2.14 bits per heavy atom. The van der Waals surface area contributed by atoms with Crippen molar-refractivity contribution >= 4 is 0 Å². The lowest BCUT2D eigenvalue weighted by Gasteiger charge is -2.05. The van der Waals surface area contributed by atoms with Gasteiger partial charge in [-0.2, -0.15) is 0 Å². The molecule has 0 atom stereocenters. The van der Waals surface area contributed by atoms with Gasteiger partial charge in [0.15, 0.2) is 0 Å². The predicted molar refractivity (Wildman–Crippen MR) is 58.0 cm³/mol. The fourth-order valence-electron chi connectivity index (χ4n) is 1.67. The average molecular weight is 186 g/mol. The van der Waals surface area contributed by atoms with Crippen LogP contribution < -0.4 is 0 Å². The summed E-state index contributed by atoms with van der Waals surface area (Å²) in [5.74, 6) is 0. The van der Waals surface area contributed by atoms with E-state index in [9.17, 15) is 0 Å². The van der Waals surface area contributed by atoms with Gasteiger partial charge in [0.2, 0.25) is 0 Å². The first-order valence-corrected chi connectivity index (χ1v) is 4.98. The smallest absolute Gasteiger partial charge is 0.0924 e. The normalized spacial score (nSPS) is 10.4. The van der Waals surface area contributed by atoms with Crippen molar-refractivity contribution in [1.29, 1.82) is 0 Å². The van der Waals surface area contributed by atoms with Crippen LogP contribution in [0.15, 0.2) is 36.8 Å². The molecule has 0 aliphatic carbocycles. The number of nitrogens with zero attached hydrogens (tertiary/aromatic N) is 1. The molecule has 1 aromatic heterocycles. The Labute approximate surface area is 84.0 Å². The highest BCUT2D eigenvalue weighted by molar-refractivity contribution is 5.62. The van der Waals surface area contributed by atoms with E-state index in [1.54, 1.807) is 6.33 Å². The van der Waals surface area contributed by atoms with Crippen molar-refractivity contribution in [3.05, 3.63) is 42.4 Å². The minimum atomic E-state index is 1.11. The lowest BCUT2D eigenvalue weighted by atomic mass is 10.0. The van der Waals surface area contributed by atoms with Crippen molar-refractivity contribution in [2.24, 2.45) is 0 Å². The Morgan fingerprint density at radius 1 is 1.29 bits per heavy atom. The number of aromatic amines is 1. The number of imidazole rings is 1. The Morgan fingerprint density at radius 3 is 2.86 bits per heavy atom. The molecule has 1 N–H and O–H groups in total. The molecular weight excluding hydrogens is 172 g/mol. The monoisotopic (exact) mass is 186 g/mol. The van der Waals surface area contributed by atoms with Crippen molar-refractivity contribution in [3.8, 4) is 11.3 Å². The third-order valence-corrected chi connectivity index (χ3v) is 2.33. The highest BCUT2D eigenvalue weighted by atomic mass is 14.9. The second-order valence-corrected chi connectivity index (χ2v) is 3.37.